The normalized spacial score (nSPS) is 11.1. The average molecular weight is 466 g/mol. The lowest BCUT2D eigenvalue weighted by Gasteiger charge is -2.09. The van der Waals surface area contributed by atoms with E-state index in [1.807, 2.05) is 30.3 Å². The van der Waals surface area contributed by atoms with Gasteiger partial charge in [0.25, 0.3) is 5.91 Å². The van der Waals surface area contributed by atoms with Gasteiger partial charge < -0.3 is 9.47 Å². The number of ether oxygens (including phenoxy) is 2. The molecule has 1 aromatic heterocycles. The number of hydrogen-bond donors (Lipinski definition) is 1. The van der Waals surface area contributed by atoms with Gasteiger partial charge in [0.05, 0.1) is 40.9 Å². The van der Waals surface area contributed by atoms with Crippen molar-refractivity contribution in [2.45, 2.75) is 4.34 Å². The third-order valence-corrected chi connectivity index (χ3v) is 6.30. The molecule has 0 saturated carbocycles. The summed E-state index contributed by atoms with van der Waals surface area (Å²) in [4.78, 5) is 16.5. The maximum atomic E-state index is 12.0. The molecule has 0 aliphatic rings. The molecule has 9 heteroatoms. The number of rotatable bonds is 7. The highest BCUT2D eigenvalue weighted by Gasteiger charge is 2.09. The molecule has 1 N–H and O–H groups in total. The number of fused-ring (bicyclic) bond motifs is 1. The smallest absolute Gasteiger partial charge is 0.250 e. The topological polar surface area (TPSA) is 72.8 Å². The van der Waals surface area contributed by atoms with E-state index in [0.717, 1.165) is 19.0 Å². The van der Waals surface area contributed by atoms with Gasteiger partial charge in [-0.05, 0) is 34.1 Å². The van der Waals surface area contributed by atoms with E-state index in [0.29, 0.717) is 17.1 Å². The van der Waals surface area contributed by atoms with Crippen molar-refractivity contribution < 1.29 is 14.3 Å². The van der Waals surface area contributed by atoms with Crippen LogP contribution in [0.15, 0.2) is 50.3 Å². The fourth-order valence-electron chi connectivity index (χ4n) is 2.23. The van der Waals surface area contributed by atoms with Gasteiger partial charge in [-0.3, -0.25) is 4.79 Å². The van der Waals surface area contributed by atoms with Crippen LogP contribution < -0.4 is 14.9 Å². The maximum Gasteiger partial charge on any atom is 0.250 e. The van der Waals surface area contributed by atoms with Crippen molar-refractivity contribution >= 4 is 61.4 Å². The van der Waals surface area contributed by atoms with Gasteiger partial charge in [0.1, 0.15) is 11.5 Å². The van der Waals surface area contributed by atoms with Crippen LogP contribution in [0.4, 0.5) is 0 Å². The lowest BCUT2D eigenvalue weighted by Crippen LogP contribution is -2.19. The van der Waals surface area contributed by atoms with Gasteiger partial charge in [-0.15, -0.1) is 11.3 Å². The fourth-order valence-corrected chi connectivity index (χ4v) is 4.61. The third-order valence-electron chi connectivity index (χ3n) is 3.50. The number of benzene rings is 2. The lowest BCUT2D eigenvalue weighted by atomic mass is 10.2. The number of hydrogen-bond acceptors (Lipinski definition) is 7. The SMILES string of the molecule is COc1cc(OC)c(C=NNC(=O)CSc2nc3ccccc3s2)cc1Br. The second-order valence-corrected chi connectivity index (χ2v) is 8.37. The highest BCUT2D eigenvalue weighted by atomic mass is 79.9. The van der Waals surface area contributed by atoms with E-state index >= 15 is 0 Å². The molecule has 140 valence electrons. The van der Waals surface area contributed by atoms with Crippen LogP contribution in [0.1, 0.15) is 5.56 Å². The van der Waals surface area contributed by atoms with Crippen LogP contribution in [0.25, 0.3) is 10.2 Å². The molecule has 0 unspecified atom stereocenters. The van der Waals surface area contributed by atoms with Crippen LogP contribution in [0.3, 0.4) is 0 Å². The van der Waals surface area contributed by atoms with Crippen LogP contribution >= 0.6 is 39.0 Å². The molecule has 3 rings (SSSR count). The number of methoxy groups -OCH3 is 2. The first-order valence-electron chi connectivity index (χ1n) is 7.82. The number of halogens is 1. The zero-order valence-corrected chi connectivity index (χ0v) is 17.8. The van der Waals surface area contributed by atoms with E-state index in [1.54, 1.807) is 31.6 Å². The molecule has 0 saturated heterocycles. The first-order chi connectivity index (χ1) is 13.1. The van der Waals surface area contributed by atoms with Crippen molar-refractivity contribution in [3.05, 3.63) is 46.4 Å². The second-order valence-electron chi connectivity index (χ2n) is 5.26. The van der Waals surface area contributed by atoms with E-state index in [2.05, 4.69) is 31.4 Å². The second kappa shape index (κ2) is 9.20. The molecule has 1 heterocycles. The molecular weight excluding hydrogens is 450 g/mol. The van der Waals surface area contributed by atoms with Crippen LogP contribution in [-0.2, 0) is 4.79 Å². The van der Waals surface area contributed by atoms with Gasteiger partial charge in [-0.2, -0.15) is 5.10 Å². The quantitative estimate of drug-likeness (QED) is 0.319. The summed E-state index contributed by atoms with van der Waals surface area (Å²) in [5.74, 6) is 1.28. The molecule has 0 atom stereocenters. The van der Waals surface area contributed by atoms with E-state index in [4.69, 9.17) is 9.47 Å². The number of carbonyl (C=O) groups is 1. The van der Waals surface area contributed by atoms with E-state index in [9.17, 15) is 4.79 Å². The highest BCUT2D eigenvalue weighted by molar-refractivity contribution is 9.10. The Morgan fingerprint density at radius 3 is 2.81 bits per heavy atom. The summed E-state index contributed by atoms with van der Waals surface area (Å²) >= 11 is 6.38. The summed E-state index contributed by atoms with van der Waals surface area (Å²) in [5, 5.41) is 4.01. The third kappa shape index (κ3) is 5.00. The minimum absolute atomic E-state index is 0.206. The Balaban J connectivity index is 1.57. The number of aromatic nitrogens is 1. The zero-order valence-electron chi connectivity index (χ0n) is 14.6. The van der Waals surface area contributed by atoms with Crippen molar-refractivity contribution in [1.82, 2.24) is 10.4 Å². The maximum absolute atomic E-state index is 12.0. The number of nitrogens with zero attached hydrogens (tertiary/aromatic N) is 2. The van der Waals surface area contributed by atoms with E-state index < -0.39 is 0 Å². The van der Waals surface area contributed by atoms with Gasteiger partial charge in [-0.1, -0.05) is 23.9 Å². The fraction of sp³-hybridized carbons (Fsp3) is 0.167. The molecule has 0 aliphatic carbocycles. The van der Waals surface area contributed by atoms with E-state index in [-0.39, 0.29) is 11.7 Å². The Morgan fingerprint density at radius 2 is 2.07 bits per heavy atom. The highest BCUT2D eigenvalue weighted by Crippen LogP contribution is 2.32. The number of carbonyl (C=O) groups excluding carboxylic acids is 1. The van der Waals surface area contributed by atoms with Gasteiger partial charge >= 0.3 is 0 Å². The van der Waals surface area contributed by atoms with Gasteiger partial charge in [0.15, 0.2) is 4.34 Å². The molecule has 6 nitrogen and oxygen atoms in total. The monoisotopic (exact) mass is 465 g/mol. The van der Waals surface area contributed by atoms with E-state index in [1.165, 1.54) is 18.0 Å². The first kappa shape index (κ1) is 19.7. The van der Waals surface area contributed by atoms with Crippen molar-refractivity contribution in [3.8, 4) is 11.5 Å². The molecule has 27 heavy (non-hydrogen) atoms. The summed E-state index contributed by atoms with van der Waals surface area (Å²) in [7, 11) is 3.14. The zero-order chi connectivity index (χ0) is 19.2. The number of hydrazone groups is 1. The summed E-state index contributed by atoms with van der Waals surface area (Å²) in [6, 6.07) is 11.5. The van der Waals surface area contributed by atoms with Gasteiger partial charge in [0, 0.05) is 11.6 Å². The predicted octanol–water partition coefficient (Wildman–Crippen LogP) is 4.32. The molecule has 3 aromatic rings. The standard InChI is InChI=1S/C18H16BrN3O3S2/c1-24-14-8-15(25-2)12(19)7-11(14)9-20-22-17(23)10-26-18-21-13-5-3-4-6-16(13)27-18/h3-9H,10H2,1-2H3,(H,22,23). The Morgan fingerprint density at radius 1 is 1.30 bits per heavy atom. The van der Waals surface area contributed by atoms with Crippen molar-refractivity contribution in [3.63, 3.8) is 0 Å². The molecular formula is C18H16BrN3O3S2. The van der Waals surface area contributed by atoms with Gasteiger partial charge in [0.2, 0.25) is 0 Å². The van der Waals surface area contributed by atoms with Crippen LogP contribution in [0, 0.1) is 0 Å². The summed E-state index contributed by atoms with van der Waals surface area (Å²) in [6.07, 6.45) is 1.53. The first-order valence-corrected chi connectivity index (χ1v) is 10.4. The average Bonchev–Trinajstić information content (AvgIpc) is 3.09. The number of amides is 1. The number of nitrogens with one attached hydrogen (secondary N) is 1. The summed E-state index contributed by atoms with van der Waals surface area (Å²) in [6.45, 7) is 0. The summed E-state index contributed by atoms with van der Waals surface area (Å²) < 4.78 is 13.3. The number of para-hydroxylation sites is 1. The Hall–Kier alpha value is -2.10. The van der Waals surface area contributed by atoms with Crippen molar-refractivity contribution in [2.24, 2.45) is 5.10 Å². The Kier molecular flexibility index (Phi) is 6.70. The van der Waals surface area contributed by atoms with Gasteiger partial charge in [-0.25, -0.2) is 10.4 Å². The van der Waals surface area contributed by atoms with Crippen LogP contribution in [-0.4, -0.2) is 37.1 Å². The minimum Gasteiger partial charge on any atom is -0.496 e. The van der Waals surface area contributed by atoms with Crippen molar-refractivity contribution in [2.75, 3.05) is 20.0 Å². The number of thioether (sulfide) groups is 1. The predicted molar refractivity (Wildman–Crippen MR) is 113 cm³/mol. The molecule has 0 spiro atoms. The largest absolute Gasteiger partial charge is 0.496 e. The molecule has 0 bridgehead atoms. The lowest BCUT2D eigenvalue weighted by molar-refractivity contribution is -0.118. The molecule has 0 aliphatic heterocycles. The Labute approximate surface area is 173 Å². The number of thiazole rings is 1. The molecule has 2 aromatic carbocycles. The Bertz CT molecular complexity index is 958. The van der Waals surface area contributed by atoms with Crippen LogP contribution in [0.5, 0.6) is 11.5 Å². The summed E-state index contributed by atoms with van der Waals surface area (Å²) in [5.41, 5.74) is 4.18. The van der Waals surface area contributed by atoms with Crippen molar-refractivity contribution in [1.29, 1.82) is 0 Å². The minimum atomic E-state index is -0.206. The molecule has 0 radical (unpaired) electrons. The molecule has 0 fully saturated rings. The van der Waals surface area contributed by atoms with Crippen LogP contribution in [0.2, 0.25) is 0 Å². The molecule has 1 amide bonds.